The summed E-state index contributed by atoms with van der Waals surface area (Å²) in [5.41, 5.74) is 0. The van der Waals surface area contributed by atoms with Crippen molar-refractivity contribution in [3.63, 3.8) is 0 Å². The molecule has 1 N–H and O–H groups in total. The Hall–Kier alpha value is -0.0400. The van der Waals surface area contributed by atoms with Crippen molar-refractivity contribution in [2.45, 2.75) is 90.0 Å². The molecule has 0 spiro atoms. The van der Waals surface area contributed by atoms with Crippen LogP contribution in [0.5, 0.6) is 0 Å². The van der Waals surface area contributed by atoms with Crippen molar-refractivity contribution in [1.82, 2.24) is 5.32 Å². The van der Waals surface area contributed by atoms with Crippen LogP contribution in [0.15, 0.2) is 0 Å². The van der Waals surface area contributed by atoms with Crippen LogP contribution in [-0.2, 0) is 0 Å². The maximum Gasteiger partial charge on any atom is 0.00979 e. The Morgan fingerprint density at radius 3 is 2.11 bits per heavy atom. The van der Waals surface area contributed by atoms with Gasteiger partial charge in [0, 0.05) is 6.04 Å². The smallest absolute Gasteiger partial charge is 0.00979 e. The molecule has 0 aliphatic heterocycles. The van der Waals surface area contributed by atoms with E-state index in [9.17, 15) is 0 Å². The lowest BCUT2D eigenvalue weighted by atomic mass is 9.86. The van der Waals surface area contributed by atoms with Gasteiger partial charge in [0.05, 0.1) is 0 Å². The molecular weight excluding hydrogens is 218 g/mol. The molecular formula is C17H33N. The highest BCUT2D eigenvalue weighted by atomic mass is 14.9. The fourth-order valence-electron chi connectivity index (χ4n) is 4.09. The number of nitrogens with one attached hydrogen (secondary N) is 1. The van der Waals surface area contributed by atoms with Gasteiger partial charge >= 0.3 is 0 Å². The largest absolute Gasteiger partial charge is 0.314 e. The summed E-state index contributed by atoms with van der Waals surface area (Å²) in [5.74, 6) is 2.03. The highest BCUT2D eigenvalue weighted by molar-refractivity contribution is 4.83. The van der Waals surface area contributed by atoms with Gasteiger partial charge < -0.3 is 5.32 Å². The van der Waals surface area contributed by atoms with E-state index in [1.807, 2.05) is 0 Å². The van der Waals surface area contributed by atoms with Gasteiger partial charge in [-0.05, 0) is 44.1 Å². The van der Waals surface area contributed by atoms with E-state index in [1.165, 1.54) is 83.6 Å². The monoisotopic (exact) mass is 251 g/mol. The SMILES string of the molecule is CCCNC(CC1CCCCCC1)C1CCCC1. The minimum atomic E-state index is 0.843. The summed E-state index contributed by atoms with van der Waals surface area (Å²) in [5, 5.41) is 3.88. The molecule has 0 heterocycles. The zero-order valence-electron chi connectivity index (χ0n) is 12.4. The van der Waals surface area contributed by atoms with Gasteiger partial charge in [-0.2, -0.15) is 0 Å². The quantitative estimate of drug-likeness (QED) is 0.662. The first kappa shape index (κ1) is 14.4. The molecule has 2 fully saturated rings. The van der Waals surface area contributed by atoms with Crippen LogP contribution >= 0.6 is 0 Å². The third kappa shape index (κ3) is 4.57. The second-order valence-corrected chi connectivity index (χ2v) is 6.70. The maximum atomic E-state index is 3.88. The van der Waals surface area contributed by atoms with Gasteiger partial charge in [-0.3, -0.25) is 0 Å². The third-order valence-electron chi connectivity index (χ3n) is 5.19. The molecule has 2 rings (SSSR count). The second-order valence-electron chi connectivity index (χ2n) is 6.70. The zero-order valence-corrected chi connectivity index (χ0v) is 12.4. The fourth-order valence-corrected chi connectivity index (χ4v) is 4.09. The lowest BCUT2D eigenvalue weighted by Crippen LogP contribution is -2.37. The molecule has 106 valence electrons. The van der Waals surface area contributed by atoms with Crippen molar-refractivity contribution in [3.8, 4) is 0 Å². The van der Waals surface area contributed by atoms with Crippen molar-refractivity contribution >= 4 is 0 Å². The summed E-state index contributed by atoms with van der Waals surface area (Å²) in [4.78, 5) is 0. The summed E-state index contributed by atoms with van der Waals surface area (Å²) in [6.07, 6.45) is 17.7. The van der Waals surface area contributed by atoms with Crippen LogP contribution in [0.2, 0.25) is 0 Å². The standard InChI is InChI=1S/C17H33N/c1-2-13-18-17(16-11-7-8-12-16)14-15-9-5-3-4-6-10-15/h15-18H,2-14H2,1H3. The van der Waals surface area contributed by atoms with Crippen molar-refractivity contribution in [2.75, 3.05) is 6.54 Å². The molecule has 1 nitrogen and oxygen atoms in total. The van der Waals surface area contributed by atoms with Gasteiger partial charge in [-0.25, -0.2) is 0 Å². The van der Waals surface area contributed by atoms with Crippen LogP contribution in [0.1, 0.15) is 84.0 Å². The van der Waals surface area contributed by atoms with Gasteiger partial charge in [0.2, 0.25) is 0 Å². The molecule has 1 atom stereocenters. The fraction of sp³-hybridized carbons (Fsp3) is 1.00. The lowest BCUT2D eigenvalue weighted by molar-refractivity contribution is 0.278. The lowest BCUT2D eigenvalue weighted by Gasteiger charge is -2.28. The molecule has 1 unspecified atom stereocenters. The molecule has 0 aromatic rings. The normalized spacial score (nSPS) is 25.2. The Labute approximate surface area is 114 Å². The first-order valence-corrected chi connectivity index (χ1v) is 8.63. The third-order valence-corrected chi connectivity index (χ3v) is 5.19. The number of hydrogen-bond acceptors (Lipinski definition) is 1. The minimum absolute atomic E-state index is 0.843. The van der Waals surface area contributed by atoms with E-state index in [4.69, 9.17) is 0 Å². The van der Waals surface area contributed by atoms with Crippen LogP contribution < -0.4 is 5.32 Å². The highest BCUT2D eigenvalue weighted by Gasteiger charge is 2.27. The molecule has 0 radical (unpaired) electrons. The van der Waals surface area contributed by atoms with Gasteiger partial charge in [0.25, 0.3) is 0 Å². The molecule has 1 heteroatoms. The van der Waals surface area contributed by atoms with Crippen molar-refractivity contribution in [1.29, 1.82) is 0 Å². The van der Waals surface area contributed by atoms with Gasteiger partial charge in [-0.15, -0.1) is 0 Å². The Morgan fingerprint density at radius 2 is 1.50 bits per heavy atom. The molecule has 2 aliphatic rings. The average Bonchev–Trinajstić information content (AvgIpc) is 2.80. The number of rotatable bonds is 6. The molecule has 2 saturated carbocycles. The van der Waals surface area contributed by atoms with E-state index in [1.54, 1.807) is 0 Å². The number of hydrogen-bond donors (Lipinski definition) is 1. The first-order valence-electron chi connectivity index (χ1n) is 8.63. The van der Waals surface area contributed by atoms with Crippen molar-refractivity contribution in [2.24, 2.45) is 11.8 Å². The summed E-state index contributed by atoms with van der Waals surface area (Å²) < 4.78 is 0. The Bertz CT molecular complexity index is 200. The molecule has 0 bridgehead atoms. The predicted molar refractivity (Wildman–Crippen MR) is 79.8 cm³/mol. The van der Waals surface area contributed by atoms with Crippen molar-refractivity contribution < 1.29 is 0 Å². The highest BCUT2D eigenvalue weighted by Crippen LogP contribution is 2.33. The zero-order chi connectivity index (χ0) is 12.6. The molecule has 0 aromatic heterocycles. The Kier molecular flexibility index (Phi) is 6.54. The molecule has 2 aliphatic carbocycles. The first-order chi connectivity index (χ1) is 8.90. The summed E-state index contributed by atoms with van der Waals surface area (Å²) in [6, 6.07) is 0.843. The van der Waals surface area contributed by atoms with E-state index in [0.717, 1.165) is 17.9 Å². The van der Waals surface area contributed by atoms with Crippen LogP contribution in [0.4, 0.5) is 0 Å². The Morgan fingerprint density at radius 1 is 0.889 bits per heavy atom. The van der Waals surface area contributed by atoms with E-state index >= 15 is 0 Å². The Balaban J connectivity index is 1.82. The predicted octanol–water partition coefficient (Wildman–Crippen LogP) is 4.91. The summed E-state index contributed by atoms with van der Waals surface area (Å²) >= 11 is 0. The molecule has 0 aromatic carbocycles. The van der Waals surface area contributed by atoms with Gasteiger partial charge in [0.1, 0.15) is 0 Å². The molecule has 18 heavy (non-hydrogen) atoms. The maximum absolute atomic E-state index is 3.88. The van der Waals surface area contributed by atoms with Crippen LogP contribution in [0, 0.1) is 11.8 Å². The summed E-state index contributed by atoms with van der Waals surface area (Å²) in [7, 11) is 0. The summed E-state index contributed by atoms with van der Waals surface area (Å²) in [6.45, 7) is 3.53. The van der Waals surface area contributed by atoms with E-state index in [-0.39, 0.29) is 0 Å². The van der Waals surface area contributed by atoms with Crippen LogP contribution in [-0.4, -0.2) is 12.6 Å². The average molecular weight is 251 g/mol. The molecule has 0 saturated heterocycles. The van der Waals surface area contributed by atoms with Crippen LogP contribution in [0.25, 0.3) is 0 Å². The molecule has 0 amide bonds. The topological polar surface area (TPSA) is 12.0 Å². The minimum Gasteiger partial charge on any atom is -0.314 e. The van der Waals surface area contributed by atoms with E-state index in [0.29, 0.717) is 0 Å². The van der Waals surface area contributed by atoms with Gasteiger partial charge in [0.15, 0.2) is 0 Å². The van der Waals surface area contributed by atoms with Gasteiger partial charge in [-0.1, -0.05) is 58.3 Å². The van der Waals surface area contributed by atoms with E-state index in [2.05, 4.69) is 12.2 Å². The van der Waals surface area contributed by atoms with Crippen LogP contribution in [0.3, 0.4) is 0 Å². The van der Waals surface area contributed by atoms with Crippen molar-refractivity contribution in [3.05, 3.63) is 0 Å². The second kappa shape index (κ2) is 8.19. The van der Waals surface area contributed by atoms with E-state index < -0.39 is 0 Å².